The van der Waals surface area contributed by atoms with Crippen LogP contribution in [0.2, 0.25) is 0 Å². The van der Waals surface area contributed by atoms with Gasteiger partial charge in [-0.2, -0.15) is 0 Å². The number of hydrogen-bond donors (Lipinski definition) is 0. The zero-order valence-electron chi connectivity index (χ0n) is 16.8. The monoisotopic (exact) mass is 376 g/mol. The molecule has 2 heterocycles. The summed E-state index contributed by atoms with van der Waals surface area (Å²) < 4.78 is 2.28. The predicted octanol–water partition coefficient (Wildman–Crippen LogP) is 4.50. The van der Waals surface area contributed by atoms with E-state index >= 15 is 0 Å². The van der Waals surface area contributed by atoms with Gasteiger partial charge in [-0.05, 0) is 49.1 Å². The summed E-state index contributed by atoms with van der Waals surface area (Å²) in [4.78, 5) is 24.0. The third kappa shape index (κ3) is 3.93. The maximum absolute atomic E-state index is 12.8. The van der Waals surface area contributed by atoms with E-state index in [1.165, 1.54) is 32.1 Å². The van der Waals surface area contributed by atoms with E-state index in [1.807, 2.05) is 26.2 Å². The second-order valence-corrected chi connectivity index (χ2v) is 8.03. The minimum atomic E-state index is 0.0219. The Hall–Kier alpha value is -2.69. The largest absolute Gasteiger partial charge is 0.378 e. The van der Waals surface area contributed by atoms with Gasteiger partial charge in [0.2, 0.25) is 0 Å². The van der Waals surface area contributed by atoms with E-state index < -0.39 is 0 Å². The molecule has 5 nitrogen and oxygen atoms in total. The fraction of sp³-hybridized carbons (Fsp3) is 0.435. The molecule has 1 aliphatic carbocycles. The third-order valence-corrected chi connectivity index (χ3v) is 5.76. The molecule has 1 aliphatic rings. The van der Waals surface area contributed by atoms with E-state index in [2.05, 4.69) is 32.7 Å². The summed E-state index contributed by atoms with van der Waals surface area (Å²) in [5, 5.41) is 0. The average Bonchev–Trinajstić information content (AvgIpc) is 3.05. The zero-order valence-corrected chi connectivity index (χ0v) is 16.8. The van der Waals surface area contributed by atoms with Gasteiger partial charge < -0.3 is 9.47 Å². The number of rotatable bonds is 6. The van der Waals surface area contributed by atoms with Gasteiger partial charge in [0.1, 0.15) is 11.5 Å². The highest BCUT2D eigenvalue weighted by molar-refractivity contribution is 5.95. The molecule has 0 bridgehead atoms. The van der Waals surface area contributed by atoms with Gasteiger partial charge in [-0.3, -0.25) is 9.78 Å². The van der Waals surface area contributed by atoms with Crippen molar-refractivity contribution in [3.63, 3.8) is 0 Å². The summed E-state index contributed by atoms with van der Waals surface area (Å²) in [6.45, 7) is 0.947. The number of carbonyl (C=O) groups excluding carboxylic acids is 1. The lowest BCUT2D eigenvalue weighted by molar-refractivity contribution is 0.0984. The SMILES string of the molecule is CN(C)c1ccc2c(c1)nc(CC(=O)c1ccccn1)n2CC1CCCCC1. The first-order valence-electron chi connectivity index (χ1n) is 10.2. The van der Waals surface area contributed by atoms with Crippen LogP contribution in [0.4, 0.5) is 5.69 Å². The lowest BCUT2D eigenvalue weighted by Gasteiger charge is -2.23. The molecular formula is C23H28N4O. The van der Waals surface area contributed by atoms with Crippen LogP contribution in [0.15, 0.2) is 42.6 Å². The van der Waals surface area contributed by atoms with Crippen LogP contribution in [0.25, 0.3) is 11.0 Å². The van der Waals surface area contributed by atoms with E-state index in [0.717, 1.165) is 29.1 Å². The van der Waals surface area contributed by atoms with E-state index in [0.29, 0.717) is 11.6 Å². The van der Waals surface area contributed by atoms with Crippen LogP contribution < -0.4 is 4.90 Å². The second kappa shape index (κ2) is 8.13. The highest BCUT2D eigenvalue weighted by Crippen LogP contribution is 2.29. The molecular weight excluding hydrogens is 348 g/mol. The van der Waals surface area contributed by atoms with Crippen molar-refractivity contribution < 1.29 is 4.79 Å². The van der Waals surface area contributed by atoms with Gasteiger partial charge in [-0.1, -0.05) is 25.3 Å². The molecule has 1 aromatic carbocycles. The summed E-state index contributed by atoms with van der Waals surface area (Å²) in [6, 6.07) is 11.9. The van der Waals surface area contributed by atoms with E-state index in [-0.39, 0.29) is 12.2 Å². The first-order chi connectivity index (χ1) is 13.6. The number of ketones is 1. The zero-order chi connectivity index (χ0) is 19.5. The quantitative estimate of drug-likeness (QED) is 0.594. The first-order valence-corrected chi connectivity index (χ1v) is 10.2. The Labute approximate surface area is 166 Å². The van der Waals surface area contributed by atoms with Crippen molar-refractivity contribution in [1.29, 1.82) is 0 Å². The van der Waals surface area contributed by atoms with Crippen LogP contribution in [-0.2, 0) is 13.0 Å². The number of hydrogen-bond acceptors (Lipinski definition) is 4. The number of pyridine rings is 1. The number of benzene rings is 1. The smallest absolute Gasteiger partial charge is 0.188 e. The van der Waals surface area contributed by atoms with Crippen LogP contribution in [0.3, 0.4) is 0 Å². The van der Waals surface area contributed by atoms with Gasteiger partial charge in [0.25, 0.3) is 0 Å². The molecule has 3 aromatic rings. The summed E-state index contributed by atoms with van der Waals surface area (Å²) >= 11 is 0. The fourth-order valence-corrected chi connectivity index (χ4v) is 4.17. The molecule has 4 rings (SSSR count). The minimum absolute atomic E-state index is 0.0219. The predicted molar refractivity (Wildman–Crippen MR) is 113 cm³/mol. The topological polar surface area (TPSA) is 51.0 Å². The molecule has 0 atom stereocenters. The molecule has 0 aliphatic heterocycles. The van der Waals surface area contributed by atoms with Gasteiger partial charge in [0.15, 0.2) is 5.78 Å². The van der Waals surface area contributed by atoms with Crippen LogP contribution in [0, 0.1) is 5.92 Å². The normalized spacial score (nSPS) is 15.1. The van der Waals surface area contributed by atoms with Crippen LogP contribution in [0.1, 0.15) is 48.4 Å². The summed E-state index contributed by atoms with van der Waals surface area (Å²) in [5.41, 5.74) is 3.72. The molecule has 0 unspecified atom stereocenters. The van der Waals surface area contributed by atoms with E-state index in [9.17, 15) is 4.79 Å². The Balaban J connectivity index is 1.69. The molecule has 28 heavy (non-hydrogen) atoms. The maximum atomic E-state index is 12.8. The minimum Gasteiger partial charge on any atom is -0.378 e. The molecule has 0 amide bonds. The van der Waals surface area contributed by atoms with Gasteiger partial charge in [0.05, 0.1) is 17.5 Å². The highest BCUT2D eigenvalue weighted by Gasteiger charge is 2.20. The standard InChI is InChI=1S/C23H28N4O/c1-26(2)18-11-12-21-20(14-18)25-23(15-22(28)19-10-6-7-13-24-19)27(21)16-17-8-4-3-5-9-17/h6-7,10-14,17H,3-5,8-9,15-16H2,1-2H3. The molecule has 0 saturated heterocycles. The Morgan fingerprint density at radius 2 is 1.96 bits per heavy atom. The van der Waals surface area contributed by atoms with Gasteiger partial charge in [-0.15, -0.1) is 0 Å². The fourth-order valence-electron chi connectivity index (χ4n) is 4.17. The van der Waals surface area contributed by atoms with Crippen LogP contribution in [0.5, 0.6) is 0 Å². The van der Waals surface area contributed by atoms with Crippen molar-refractivity contribution >= 4 is 22.5 Å². The van der Waals surface area contributed by atoms with E-state index in [4.69, 9.17) is 4.98 Å². The number of fused-ring (bicyclic) bond motifs is 1. The van der Waals surface area contributed by atoms with Crippen molar-refractivity contribution in [1.82, 2.24) is 14.5 Å². The highest BCUT2D eigenvalue weighted by atomic mass is 16.1. The van der Waals surface area contributed by atoms with Crippen molar-refractivity contribution in [3.05, 3.63) is 54.1 Å². The Bertz CT molecular complexity index is 955. The number of carbonyl (C=O) groups is 1. The molecule has 1 fully saturated rings. The molecule has 0 N–H and O–H groups in total. The average molecular weight is 377 g/mol. The van der Waals surface area contributed by atoms with Gasteiger partial charge >= 0.3 is 0 Å². The van der Waals surface area contributed by atoms with Crippen molar-refractivity contribution in [2.45, 2.75) is 45.1 Å². The first kappa shape index (κ1) is 18.7. The van der Waals surface area contributed by atoms with Crippen LogP contribution in [-0.4, -0.2) is 34.4 Å². The molecule has 146 valence electrons. The number of imidazole rings is 1. The lowest BCUT2D eigenvalue weighted by Crippen LogP contribution is -2.18. The van der Waals surface area contributed by atoms with Gasteiger partial charge in [0, 0.05) is 32.5 Å². The van der Waals surface area contributed by atoms with Gasteiger partial charge in [-0.25, -0.2) is 4.98 Å². The molecule has 2 aromatic heterocycles. The third-order valence-electron chi connectivity index (χ3n) is 5.76. The van der Waals surface area contributed by atoms with Crippen molar-refractivity contribution in [3.8, 4) is 0 Å². The summed E-state index contributed by atoms with van der Waals surface area (Å²) in [7, 11) is 4.07. The molecule has 5 heteroatoms. The molecule has 1 saturated carbocycles. The number of nitrogens with zero attached hydrogens (tertiary/aromatic N) is 4. The second-order valence-electron chi connectivity index (χ2n) is 8.03. The number of anilines is 1. The van der Waals surface area contributed by atoms with Crippen molar-refractivity contribution in [2.24, 2.45) is 5.92 Å². The number of Topliss-reactive ketones (excluding diaryl/α,β-unsaturated/α-hetero) is 1. The summed E-state index contributed by atoms with van der Waals surface area (Å²) in [5.74, 6) is 1.55. The van der Waals surface area contributed by atoms with Crippen LogP contribution >= 0.6 is 0 Å². The lowest BCUT2D eigenvalue weighted by atomic mass is 9.89. The maximum Gasteiger partial charge on any atom is 0.188 e. The summed E-state index contributed by atoms with van der Waals surface area (Å²) in [6.07, 6.45) is 8.45. The molecule has 0 spiro atoms. The van der Waals surface area contributed by atoms with E-state index in [1.54, 1.807) is 12.3 Å². The molecule has 0 radical (unpaired) electrons. The Morgan fingerprint density at radius 1 is 1.14 bits per heavy atom. The Kier molecular flexibility index (Phi) is 5.42. The number of aromatic nitrogens is 3. The van der Waals surface area contributed by atoms with Crippen molar-refractivity contribution in [2.75, 3.05) is 19.0 Å². The Morgan fingerprint density at radius 3 is 2.68 bits per heavy atom.